The topological polar surface area (TPSA) is 61.3 Å². The second-order valence-corrected chi connectivity index (χ2v) is 4.65. The van der Waals surface area contributed by atoms with Gasteiger partial charge in [0, 0.05) is 6.42 Å². The van der Waals surface area contributed by atoms with Crippen LogP contribution in [-0.4, -0.2) is 12.1 Å². The maximum absolute atomic E-state index is 5.86. The minimum Gasteiger partial charge on any atom is -0.497 e. The lowest BCUT2D eigenvalue weighted by atomic mass is 10.1. The van der Waals surface area contributed by atoms with Crippen molar-refractivity contribution in [1.29, 1.82) is 0 Å². The molecule has 0 fully saturated rings. The number of fused-ring (bicyclic) bond motifs is 1. The van der Waals surface area contributed by atoms with Gasteiger partial charge in [-0.1, -0.05) is 18.2 Å². The molecule has 0 unspecified atom stereocenters. The van der Waals surface area contributed by atoms with Crippen LogP contribution >= 0.6 is 0 Å². The average Bonchev–Trinajstić information content (AvgIpc) is 2.90. The van der Waals surface area contributed by atoms with E-state index < -0.39 is 0 Å². The fraction of sp³-hybridized carbons (Fsp3) is 0.188. The van der Waals surface area contributed by atoms with Crippen molar-refractivity contribution in [2.24, 2.45) is 0 Å². The second-order valence-electron chi connectivity index (χ2n) is 4.65. The predicted octanol–water partition coefficient (Wildman–Crippen LogP) is 3.20. The van der Waals surface area contributed by atoms with Crippen LogP contribution < -0.4 is 10.5 Å². The third kappa shape index (κ3) is 2.45. The standard InChI is InChI=1S/C16H16N2O2/c1-19-12-5-2-4-11(10-12)8-9-15-18-14-7-3-6-13(17)16(14)20-15/h2-7,10H,8-9,17H2,1H3. The van der Waals surface area contributed by atoms with E-state index in [2.05, 4.69) is 11.1 Å². The van der Waals surface area contributed by atoms with Gasteiger partial charge in [-0.05, 0) is 36.2 Å². The van der Waals surface area contributed by atoms with Gasteiger partial charge in [0.25, 0.3) is 0 Å². The second kappa shape index (κ2) is 5.25. The smallest absolute Gasteiger partial charge is 0.195 e. The first-order chi connectivity index (χ1) is 9.76. The Labute approximate surface area is 117 Å². The molecular formula is C16H16N2O2. The van der Waals surface area contributed by atoms with Crippen molar-refractivity contribution in [3.8, 4) is 5.75 Å². The van der Waals surface area contributed by atoms with E-state index in [0.29, 0.717) is 17.2 Å². The Morgan fingerprint density at radius 3 is 2.80 bits per heavy atom. The Balaban J connectivity index is 1.78. The lowest BCUT2D eigenvalue weighted by molar-refractivity contribution is 0.414. The Bertz CT molecular complexity index is 734. The minimum atomic E-state index is 0.627. The van der Waals surface area contributed by atoms with E-state index in [-0.39, 0.29) is 0 Å². The largest absolute Gasteiger partial charge is 0.497 e. The van der Waals surface area contributed by atoms with Gasteiger partial charge in [-0.15, -0.1) is 0 Å². The zero-order valence-electron chi connectivity index (χ0n) is 11.3. The first kappa shape index (κ1) is 12.5. The highest BCUT2D eigenvalue weighted by Crippen LogP contribution is 2.22. The fourth-order valence-electron chi connectivity index (χ4n) is 2.20. The number of aryl methyl sites for hydroxylation is 2. The number of para-hydroxylation sites is 1. The predicted molar refractivity (Wildman–Crippen MR) is 78.8 cm³/mol. The molecule has 3 aromatic rings. The lowest BCUT2D eigenvalue weighted by Gasteiger charge is -2.02. The third-order valence-corrected chi connectivity index (χ3v) is 3.25. The van der Waals surface area contributed by atoms with Crippen LogP contribution in [0.1, 0.15) is 11.5 Å². The van der Waals surface area contributed by atoms with Crippen LogP contribution in [0.15, 0.2) is 46.9 Å². The van der Waals surface area contributed by atoms with Gasteiger partial charge in [-0.2, -0.15) is 0 Å². The number of nitrogens with zero attached hydrogens (tertiary/aromatic N) is 1. The molecule has 0 saturated carbocycles. The molecule has 0 amide bonds. The molecule has 0 aliphatic carbocycles. The van der Waals surface area contributed by atoms with E-state index in [4.69, 9.17) is 14.9 Å². The van der Waals surface area contributed by atoms with Crippen molar-refractivity contribution < 1.29 is 9.15 Å². The summed E-state index contributed by atoms with van der Waals surface area (Å²) >= 11 is 0. The minimum absolute atomic E-state index is 0.627. The molecule has 0 spiro atoms. The van der Waals surface area contributed by atoms with Gasteiger partial charge in [0.1, 0.15) is 11.3 Å². The highest BCUT2D eigenvalue weighted by molar-refractivity contribution is 5.84. The Kier molecular flexibility index (Phi) is 3.29. The number of nitrogen functional groups attached to an aromatic ring is 1. The van der Waals surface area contributed by atoms with Crippen LogP contribution in [0, 0.1) is 0 Å². The summed E-state index contributed by atoms with van der Waals surface area (Å²) in [6.07, 6.45) is 1.59. The van der Waals surface area contributed by atoms with E-state index in [1.807, 2.05) is 36.4 Å². The highest BCUT2D eigenvalue weighted by Gasteiger charge is 2.08. The van der Waals surface area contributed by atoms with Crippen molar-refractivity contribution in [2.75, 3.05) is 12.8 Å². The maximum Gasteiger partial charge on any atom is 0.195 e. The average molecular weight is 268 g/mol. The quantitative estimate of drug-likeness (QED) is 0.738. The zero-order valence-corrected chi connectivity index (χ0v) is 11.3. The van der Waals surface area contributed by atoms with E-state index >= 15 is 0 Å². The van der Waals surface area contributed by atoms with E-state index in [9.17, 15) is 0 Å². The van der Waals surface area contributed by atoms with Gasteiger partial charge in [0.05, 0.1) is 12.8 Å². The SMILES string of the molecule is COc1cccc(CCc2nc3cccc(N)c3o2)c1. The van der Waals surface area contributed by atoms with Gasteiger partial charge in [-0.3, -0.25) is 0 Å². The number of ether oxygens (including phenoxy) is 1. The normalized spacial score (nSPS) is 10.8. The van der Waals surface area contributed by atoms with Crippen molar-refractivity contribution in [1.82, 2.24) is 4.98 Å². The Hall–Kier alpha value is -2.49. The van der Waals surface area contributed by atoms with E-state index in [0.717, 1.165) is 24.1 Å². The van der Waals surface area contributed by atoms with Gasteiger partial charge in [0.2, 0.25) is 0 Å². The molecule has 2 aromatic carbocycles. The molecule has 0 saturated heterocycles. The Morgan fingerprint density at radius 1 is 1.15 bits per heavy atom. The molecule has 1 aromatic heterocycles. The van der Waals surface area contributed by atoms with Crippen LogP contribution in [0.5, 0.6) is 5.75 Å². The molecule has 0 aliphatic rings. The summed E-state index contributed by atoms with van der Waals surface area (Å²) in [6.45, 7) is 0. The first-order valence-corrected chi connectivity index (χ1v) is 6.53. The number of rotatable bonds is 4. The van der Waals surface area contributed by atoms with Crippen LogP contribution in [-0.2, 0) is 12.8 Å². The van der Waals surface area contributed by atoms with Gasteiger partial charge < -0.3 is 14.9 Å². The van der Waals surface area contributed by atoms with Crippen molar-refractivity contribution in [2.45, 2.75) is 12.8 Å². The van der Waals surface area contributed by atoms with Crippen molar-refractivity contribution in [3.63, 3.8) is 0 Å². The third-order valence-electron chi connectivity index (χ3n) is 3.25. The molecule has 0 bridgehead atoms. The monoisotopic (exact) mass is 268 g/mol. The van der Waals surface area contributed by atoms with Crippen LogP contribution in [0.25, 0.3) is 11.1 Å². The first-order valence-electron chi connectivity index (χ1n) is 6.53. The van der Waals surface area contributed by atoms with Crippen LogP contribution in [0.2, 0.25) is 0 Å². The number of aromatic nitrogens is 1. The number of hydrogen-bond acceptors (Lipinski definition) is 4. The molecule has 0 atom stereocenters. The summed E-state index contributed by atoms with van der Waals surface area (Å²) < 4.78 is 10.9. The molecule has 3 rings (SSSR count). The molecule has 4 nitrogen and oxygen atoms in total. The van der Waals surface area contributed by atoms with E-state index in [1.165, 1.54) is 5.56 Å². The summed E-state index contributed by atoms with van der Waals surface area (Å²) in [4.78, 5) is 4.45. The van der Waals surface area contributed by atoms with Gasteiger partial charge in [-0.25, -0.2) is 4.98 Å². The maximum atomic E-state index is 5.86. The number of nitrogens with two attached hydrogens (primary N) is 1. The van der Waals surface area contributed by atoms with Crippen LogP contribution in [0.4, 0.5) is 5.69 Å². The molecule has 20 heavy (non-hydrogen) atoms. The zero-order chi connectivity index (χ0) is 13.9. The van der Waals surface area contributed by atoms with Gasteiger partial charge >= 0.3 is 0 Å². The van der Waals surface area contributed by atoms with Crippen molar-refractivity contribution in [3.05, 3.63) is 53.9 Å². The molecule has 0 aliphatic heterocycles. The molecule has 102 valence electrons. The summed E-state index contributed by atoms with van der Waals surface area (Å²) in [6, 6.07) is 13.6. The van der Waals surface area contributed by atoms with Crippen molar-refractivity contribution >= 4 is 16.8 Å². The Morgan fingerprint density at radius 2 is 2.00 bits per heavy atom. The summed E-state index contributed by atoms with van der Waals surface area (Å²) in [7, 11) is 1.67. The highest BCUT2D eigenvalue weighted by atomic mass is 16.5. The van der Waals surface area contributed by atoms with Crippen LogP contribution in [0.3, 0.4) is 0 Å². The number of hydrogen-bond donors (Lipinski definition) is 1. The molecule has 2 N–H and O–H groups in total. The molecule has 4 heteroatoms. The number of anilines is 1. The number of oxazole rings is 1. The molecular weight excluding hydrogens is 252 g/mol. The number of benzene rings is 2. The summed E-state index contributed by atoms with van der Waals surface area (Å²) in [5.74, 6) is 1.57. The summed E-state index contributed by atoms with van der Waals surface area (Å²) in [5, 5.41) is 0. The number of methoxy groups -OCH3 is 1. The fourth-order valence-corrected chi connectivity index (χ4v) is 2.20. The van der Waals surface area contributed by atoms with Gasteiger partial charge in [0.15, 0.2) is 11.5 Å². The lowest BCUT2D eigenvalue weighted by Crippen LogP contribution is -1.92. The summed E-state index contributed by atoms with van der Waals surface area (Å²) in [5.41, 5.74) is 9.17. The molecule has 1 heterocycles. The molecule has 0 radical (unpaired) electrons. The van der Waals surface area contributed by atoms with E-state index in [1.54, 1.807) is 7.11 Å².